The maximum absolute atomic E-state index is 13.7. The molecule has 13 nitrogen and oxygen atoms in total. The highest BCUT2D eigenvalue weighted by atomic mass is 16.4. The SMILES string of the molecule is NC(Cc1ccccc1)C(=O)NC(Cc1c[nH]c2ccccc12)C(=O)NC(CC(=O)O)C(=O)NC(Cc1ccc(O)cc1)C(=O)O. The Labute approximate surface area is 263 Å². The topological polar surface area (TPSA) is 224 Å². The molecule has 13 heteroatoms. The number of benzene rings is 3. The molecule has 4 unspecified atom stereocenters. The Kier molecular flexibility index (Phi) is 11.1. The molecule has 0 bridgehead atoms. The molecule has 4 rings (SSSR count). The van der Waals surface area contributed by atoms with Crippen molar-refractivity contribution in [1.29, 1.82) is 0 Å². The quantitative estimate of drug-likeness (QED) is 0.0946. The van der Waals surface area contributed by atoms with Crippen LogP contribution in [-0.2, 0) is 43.2 Å². The van der Waals surface area contributed by atoms with Crippen LogP contribution in [0, 0.1) is 0 Å². The van der Waals surface area contributed by atoms with E-state index in [-0.39, 0.29) is 25.0 Å². The Hall–Kier alpha value is -5.69. The second kappa shape index (κ2) is 15.3. The third-order valence-electron chi connectivity index (χ3n) is 7.37. The number of hydrogen-bond acceptors (Lipinski definition) is 7. The highest BCUT2D eigenvalue weighted by Crippen LogP contribution is 2.19. The second-order valence-electron chi connectivity index (χ2n) is 10.9. The van der Waals surface area contributed by atoms with Gasteiger partial charge in [-0.05, 0) is 41.3 Å². The Morgan fingerprint density at radius 2 is 1.26 bits per heavy atom. The monoisotopic (exact) mass is 629 g/mol. The number of carboxylic acids is 2. The van der Waals surface area contributed by atoms with E-state index in [2.05, 4.69) is 20.9 Å². The number of hydrogen-bond donors (Lipinski definition) is 8. The molecule has 0 spiro atoms. The van der Waals surface area contributed by atoms with E-state index in [0.717, 1.165) is 16.5 Å². The van der Waals surface area contributed by atoms with Gasteiger partial charge in [-0.3, -0.25) is 19.2 Å². The third-order valence-corrected chi connectivity index (χ3v) is 7.37. The van der Waals surface area contributed by atoms with E-state index in [1.54, 1.807) is 18.3 Å². The molecule has 3 aromatic carbocycles. The number of carbonyl (C=O) groups excluding carboxylic acids is 3. The van der Waals surface area contributed by atoms with Gasteiger partial charge in [-0.2, -0.15) is 0 Å². The number of carbonyl (C=O) groups is 5. The van der Waals surface area contributed by atoms with Gasteiger partial charge in [-0.1, -0.05) is 60.7 Å². The van der Waals surface area contributed by atoms with E-state index in [1.165, 1.54) is 24.3 Å². The maximum atomic E-state index is 13.7. The predicted molar refractivity (Wildman–Crippen MR) is 168 cm³/mol. The minimum absolute atomic E-state index is 0.0281. The lowest BCUT2D eigenvalue weighted by molar-refractivity contribution is -0.143. The Balaban J connectivity index is 1.53. The lowest BCUT2D eigenvalue weighted by Gasteiger charge is -2.25. The number of aromatic amines is 1. The summed E-state index contributed by atoms with van der Waals surface area (Å²) in [6.45, 7) is 0. The van der Waals surface area contributed by atoms with E-state index in [0.29, 0.717) is 11.1 Å². The van der Waals surface area contributed by atoms with Crippen LogP contribution in [0.3, 0.4) is 0 Å². The van der Waals surface area contributed by atoms with Crippen molar-refractivity contribution in [2.45, 2.75) is 49.9 Å². The standard InChI is InChI=1S/C33H35N5O8/c34-24(14-19-6-2-1-3-7-19)30(42)36-26(16-21-18-35-25-9-5-4-8-23(21)25)31(43)37-27(17-29(40)41)32(44)38-28(33(45)46)15-20-10-12-22(39)13-11-20/h1-13,18,24,26-28,35,39H,14-17,34H2,(H,36,42)(H,37,43)(H,38,44)(H,40,41)(H,45,46). The predicted octanol–water partition coefficient (Wildman–Crippen LogP) is 1.24. The second-order valence-corrected chi connectivity index (χ2v) is 10.9. The summed E-state index contributed by atoms with van der Waals surface area (Å²) in [6.07, 6.45) is 0.816. The van der Waals surface area contributed by atoms with Crippen LogP contribution in [0.25, 0.3) is 10.9 Å². The number of phenolic OH excluding ortho intramolecular Hbond substituents is 1. The molecule has 0 aliphatic carbocycles. The molecule has 46 heavy (non-hydrogen) atoms. The Morgan fingerprint density at radius 3 is 1.93 bits per heavy atom. The minimum atomic E-state index is -1.67. The number of para-hydroxylation sites is 1. The van der Waals surface area contributed by atoms with E-state index < -0.39 is 60.2 Å². The maximum Gasteiger partial charge on any atom is 0.326 e. The fourth-order valence-corrected chi connectivity index (χ4v) is 4.97. The van der Waals surface area contributed by atoms with Crippen molar-refractivity contribution in [3.05, 3.63) is 102 Å². The van der Waals surface area contributed by atoms with Gasteiger partial charge in [0, 0.05) is 29.9 Å². The van der Waals surface area contributed by atoms with Crippen LogP contribution in [0.15, 0.2) is 85.1 Å². The van der Waals surface area contributed by atoms with Crippen molar-refractivity contribution in [1.82, 2.24) is 20.9 Å². The summed E-state index contributed by atoms with van der Waals surface area (Å²) in [6, 6.07) is 16.6. The van der Waals surface area contributed by atoms with Gasteiger partial charge in [-0.25, -0.2) is 4.79 Å². The number of aromatic nitrogens is 1. The van der Waals surface area contributed by atoms with Crippen molar-refractivity contribution in [3.8, 4) is 5.75 Å². The Bertz CT molecular complexity index is 1690. The van der Waals surface area contributed by atoms with E-state index >= 15 is 0 Å². The van der Waals surface area contributed by atoms with Crippen LogP contribution in [0.1, 0.15) is 23.1 Å². The molecule has 0 aliphatic heterocycles. The first-order valence-electron chi connectivity index (χ1n) is 14.5. The Morgan fingerprint density at radius 1 is 0.674 bits per heavy atom. The van der Waals surface area contributed by atoms with Crippen LogP contribution in [0.2, 0.25) is 0 Å². The summed E-state index contributed by atoms with van der Waals surface area (Å²) in [4.78, 5) is 66.8. The van der Waals surface area contributed by atoms with Crippen molar-refractivity contribution in [2.75, 3.05) is 0 Å². The number of rotatable bonds is 15. The number of aliphatic carboxylic acids is 2. The summed E-state index contributed by atoms with van der Waals surface area (Å²) < 4.78 is 0. The number of nitrogens with two attached hydrogens (primary N) is 1. The number of aromatic hydroxyl groups is 1. The molecular weight excluding hydrogens is 594 g/mol. The van der Waals surface area contributed by atoms with Gasteiger partial charge in [0.05, 0.1) is 12.5 Å². The zero-order valence-electron chi connectivity index (χ0n) is 24.7. The third kappa shape index (κ3) is 9.16. The largest absolute Gasteiger partial charge is 0.508 e. The fraction of sp³-hybridized carbons (Fsp3) is 0.242. The number of amides is 3. The molecule has 9 N–H and O–H groups in total. The lowest BCUT2D eigenvalue weighted by atomic mass is 10.0. The van der Waals surface area contributed by atoms with Crippen molar-refractivity contribution >= 4 is 40.6 Å². The summed E-state index contributed by atoms with van der Waals surface area (Å²) in [5, 5.41) is 36.9. The van der Waals surface area contributed by atoms with Crippen LogP contribution < -0.4 is 21.7 Å². The highest BCUT2D eigenvalue weighted by molar-refractivity contribution is 5.96. The van der Waals surface area contributed by atoms with Gasteiger partial charge in [0.2, 0.25) is 17.7 Å². The van der Waals surface area contributed by atoms with Gasteiger partial charge in [0.15, 0.2) is 0 Å². The van der Waals surface area contributed by atoms with Gasteiger partial charge >= 0.3 is 11.9 Å². The lowest BCUT2D eigenvalue weighted by Crippen LogP contribution is -2.58. The first-order valence-corrected chi connectivity index (χ1v) is 14.5. The number of phenols is 1. The molecule has 4 aromatic rings. The molecule has 240 valence electrons. The van der Waals surface area contributed by atoms with E-state index in [4.69, 9.17) is 5.73 Å². The molecule has 0 saturated carbocycles. The van der Waals surface area contributed by atoms with Gasteiger partial charge in [-0.15, -0.1) is 0 Å². The van der Waals surface area contributed by atoms with Crippen LogP contribution >= 0.6 is 0 Å². The zero-order valence-corrected chi connectivity index (χ0v) is 24.7. The average molecular weight is 630 g/mol. The number of nitrogens with one attached hydrogen (secondary N) is 4. The summed E-state index contributed by atoms with van der Waals surface area (Å²) in [7, 11) is 0. The summed E-state index contributed by atoms with van der Waals surface area (Å²) in [5.74, 6) is -5.38. The number of H-pyrrole nitrogens is 1. The van der Waals surface area contributed by atoms with Crippen LogP contribution in [0.5, 0.6) is 5.75 Å². The van der Waals surface area contributed by atoms with Crippen molar-refractivity contribution in [3.63, 3.8) is 0 Å². The number of fused-ring (bicyclic) bond motifs is 1. The first kappa shape index (κ1) is 33.2. The van der Waals surface area contributed by atoms with Gasteiger partial charge in [0.1, 0.15) is 23.9 Å². The van der Waals surface area contributed by atoms with Gasteiger partial charge in [0.25, 0.3) is 0 Å². The molecule has 0 saturated heterocycles. The molecule has 0 aliphatic rings. The molecule has 3 amide bonds. The molecule has 1 heterocycles. The number of carboxylic acid groups (broad SMARTS) is 2. The fourth-order valence-electron chi connectivity index (χ4n) is 4.97. The molecule has 4 atom stereocenters. The summed E-state index contributed by atoms with van der Waals surface area (Å²) >= 11 is 0. The summed E-state index contributed by atoms with van der Waals surface area (Å²) in [5.41, 5.74) is 8.93. The van der Waals surface area contributed by atoms with Crippen molar-refractivity contribution < 1.29 is 39.3 Å². The molecule has 1 aromatic heterocycles. The molecule has 0 fully saturated rings. The van der Waals surface area contributed by atoms with Crippen LogP contribution in [0.4, 0.5) is 0 Å². The average Bonchev–Trinajstić information content (AvgIpc) is 3.43. The normalized spacial score (nSPS) is 13.6. The molecule has 0 radical (unpaired) electrons. The minimum Gasteiger partial charge on any atom is -0.508 e. The smallest absolute Gasteiger partial charge is 0.326 e. The van der Waals surface area contributed by atoms with E-state index in [9.17, 15) is 39.3 Å². The highest BCUT2D eigenvalue weighted by Gasteiger charge is 2.32. The van der Waals surface area contributed by atoms with Crippen molar-refractivity contribution in [2.24, 2.45) is 5.73 Å². The van der Waals surface area contributed by atoms with E-state index in [1.807, 2.05) is 42.5 Å². The molecular formula is C33H35N5O8. The van der Waals surface area contributed by atoms with Crippen LogP contribution in [-0.4, -0.2) is 74.1 Å². The zero-order chi connectivity index (χ0) is 33.2. The first-order chi connectivity index (χ1) is 22.0. The van der Waals surface area contributed by atoms with Gasteiger partial charge < -0.3 is 42.0 Å².